The number of methoxy groups -OCH3 is 2. The Balaban J connectivity index is 2.12. The number of hydrogen-bond acceptors (Lipinski definition) is 4. The highest BCUT2D eigenvalue weighted by atomic mass is 16.5. The Kier molecular flexibility index (Phi) is 5.84. The fourth-order valence-electron chi connectivity index (χ4n) is 2.86. The number of urea groups is 1. The van der Waals surface area contributed by atoms with E-state index >= 15 is 0 Å². The number of carbonyl (C=O) groups is 2. The summed E-state index contributed by atoms with van der Waals surface area (Å²) in [6.45, 7) is 3.62. The lowest BCUT2D eigenvalue weighted by Crippen LogP contribution is -2.47. The summed E-state index contributed by atoms with van der Waals surface area (Å²) in [6.07, 6.45) is 1.63. The molecule has 1 atom stereocenters. The van der Waals surface area contributed by atoms with Gasteiger partial charge in [-0.25, -0.2) is 4.79 Å². The second-order valence-electron chi connectivity index (χ2n) is 5.55. The number of nitrogens with one attached hydrogen (secondary N) is 1. The molecule has 0 unspecified atom stereocenters. The van der Waals surface area contributed by atoms with Crippen molar-refractivity contribution >= 4 is 11.8 Å². The van der Waals surface area contributed by atoms with Crippen molar-refractivity contribution in [1.82, 2.24) is 10.2 Å². The van der Waals surface area contributed by atoms with E-state index in [2.05, 4.69) is 5.32 Å². The molecule has 1 aliphatic rings. The first-order valence-corrected chi connectivity index (χ1v) is 7.89. The number of piperidine rings is 1. The van der Waals surface area contributed by atoms with Gasteiger partial charge in [0.2, 0.25) is 0 Å². The van der Waals surface area contributed by atoms with Crippen molar-refractivity contribution in [3.05, 3.63) is 23.8 Å². The molecule has 1 aromatic carbocycles. The van der Waals surface area contributed by atoms with Crippen LogP contribution in [0.5, 0.6) is 11.5 Å². The van der Waals surface area contributed by atoms with Crippen LogP contribution in [0.15, 0.2) is 18.2 Å². The van der Waals surface area contributed by atoms with Crippen molar-refractivity contribution in [3.8, 4) is 11.5 Å². The summed E-state index contributed by atoms with van der Waals surface area (Å²) < 4.78 is 10.4. The maximum absolute atomic E-state index is 12.7. The van der Waals surface area contributed by atoms with Crippen LogP contribution in [0.4, 0.5) is 4.79 Å². The van der Waals surface area contributed by atoms with E-state index in [-0.39, 0.29) is 17.7 Å². The molecule has 0 spiro atoms. The van der Waals surface area contributed by atoms with Crippen molar-refractivity contribution in [2.75, 3.05) is 33.9 Å². The smallest absolute Gasteiger partial charge is 0.317 e. The molecule has 2 amide bonds. The van der Waals surface area contributed by atoms with Crippen molar-refractivity contribution in [2.24, 2.45) is 5.92 Å². The number of ketones is 1. The molecule has 1 aromatic rings. The molecule has 1 fully saturated rings. The van der Waals surface area contributed by atoms with E-state index in [4.69, 9.17) is 9.47 Å². The van der Waals surface area contributed by atoms with Crippen LogP contribution >= 0.6 is 0 Å². The fourth-order valence-corrected chi connectivity index (χ4v) is 2.86. The largest absolute Gasteiger partial charge is 0.493 e. The average Bonchev–Trinajstić information content (AvgIpc) is 2.60. The molecule has 0 aromatic heterocycles. The standard InChI is InChI=1S/C17H24N2O4/c1-4-18-17(21)19-9-5-6-13(11-19)16(20)12-7-8-14(22-2)15(10-12)23-3/h7-8,10,13H,4-6,9,11H2,1-3H3,(H,18,21)/t13-/m1/s1. The summed E-state index contributed by atoms with van der Waals surface area (Å²) in [5.74, 6) is 0.996. The number of benzene rings is 1. The molecule has 1 N–H and O–H groups in total. The number of likely N-dealkylation sites (tertiary alicyclic amines) is 1. The van der Waals surface area contributed by atoms with Crippen LogP contribution in [0.1, 0.15) is 30.1 Å². The van der Waals surface area contributed by atoms with Crippen LogP contribution < -0.4 is 14.8 Å². The van der Waals surface area contributed by atoms with Crippen LogP contribution in [-0.2, 0) is 0 Å². The zero-order valence-electron chi connectivity index (χ0n) is 13.9. The van der Waals surface area contributed by atoms with Gasteiger partial charge >= 0.3 is 6.03 Å². The van der Waals surface area contributed by atoms with Gasteiger partial charge in [0.05, 0.1) is 14.2 Å². The van der Waals surface area contributed by atoms with Gasteiger partial charge in [0.25, 0.3) is 0 Å². The van der Waals surface area contributed by atoms with E-state index in [9.17, 15) is 9.59 Å². The zero-order chi connectivity index (χ0) is 16.8. The summed E-state index contributed by atoms with van der Waals surface area (Å²) >= 11 is 0. The highest BCUT2D eigenvalue weighted by Crippen LogP contribution is 2.30. The van der Waals surface area contributed by atoms with Crippen LogP contribution in [0.25, 0.3) is 0 Å². The fraction of sp³-hybridized carbons (Fsp3) is 0.529. The minimum atomic E-state index is -0.176. The summed E-state index contributed by atoms with van der Waals surface area (Å²) in [5.41, 5.74) is 0.588. The first-order chi connectivity index (χ1) is 11.1. The Morgan fingerprint density at radius 3 is 2.65 bits per heavy atom. The zero-order valence-corrected chi connectivity index (χ0v) is 13.9. The van der Waals surface area contributed by atoms with Crippen LogP contribution in [-0.4, -0.2) is 50.6 Å². The lowest BCUT2D eigenvalue weighted by Gasteiger charge is -2.32. The van der Waals surface area contributed by atoms with Gasteiger partial charge in [-0.15, -0.1) is 0 Å². The molecule has 2 rings (SSSR count). The quantitative estimate of drug-likeness (QED) is 0.846. The number of carbonyl (C=O) groups excluding carboxylic acids is 2. The van der Waals surface area contributed by atoms with Gasteiger partial charge < -0.3 is 19.7 Å². The maximum Gasteiger partial charge on any atom is 0.317 e. The van der Waals surface area contributed by atoms with Gasteiger partial charge in [-0.2, -0.15) is 0 Å². The Labute approximate surface area is 136 Å². The number of rotatable bonds is 5. The van der Waals surface area contributed by atoms with E-state index in [1.54, 1.807) is 37.3 Å². The third-order valence-electron chi connectivity index (χ3n) is 4.08. The summed E-state index contributed by atoms with van der Waals surface area (Å²) in [6, 6.07) is 5.08. The maximum atomic E-state index is 12.7. The van der Waals surface area contributed by atoms with Gasteiger partial charge in [0, 0.05) is 31.1 Å². The third kappa shape index (κ3) is 3.94. The first-order valence-electron chi connectivity index (χ1n) is 7.89. The Bertz CT molecular complexity index is 574. The van der Waals surface area contributed by atoms with Gasteiger partial charge in [-0.3, -0.25) is 4.79 Å². The second kappa shape index (κ2) is 7.85. The van der Waals surface area contributed by atoms with E-state index in [0.29, 0.717) is 36.7 Å². The van der Waals surface area contributed by atoms with Crippen LogP contribution in [0.2, 0.25) is 0 Å². The molecule has 0 saturated carbocycles. The number of nitrogens with zero attached hydrogens (tertiary/aromatic N) is 1. The number of amides is 2. The normalized spacial score (nSPS) is 17.5. The van der Waals surface area contributed by atoms with Gasteiger partial charge in [0.1, 0.15) is 0 Å². The molecule has 1 heterocycles. The molecule has 126 valence electrons. The van der Waals surface area contributed by atoms with Crippen LogP contribution in [0.3, 0.4) is 0 Å². The summed E-state index contributed by atoms with van der Waals surface area (Å²) in [7, 11) is 3.11. The van der Waals surface area contributed by atoms with E-state index in [1.807, 2.05) is 6.92 Å². The van der Waals surface area contributed by atoms with Crippen molar-refractivity contribution < 1.29 is 19.1 Å². The first kappa shape index (κ1) is 17.1. The van der Waals surface area contributed by atoms with Crippen molar-refractivity contribution in [3.63, 3.8) is 0 Å². The average molecular weight is 320 g/mol. The summed E-state index contributed by atoms with van der Waals surface area (Å²) in [4.78, 5) is 26.4. The molecule has 23 heavy (non-hydrogen) atoms. The van der Waals surface area contributed by atoms with Gasteiger partial charge in [-0.1, -0.05) is 0 Å². The van der Waals surface area contributed by atoms with Crippen molar-refractivity contribution in [2.45, 2.75) is 19.8 Å². The second-order valence-corrected chi connectivity index (χ2v) is 5.55. The lowest BCUT2D eigenvalue weighted by atomic mass is 9.90. The van der Waals surface area contributed by atoms with Crippen LogP contribution in [0, 0.1) is 5.92 Å². The minimum absolute atomic E-state index is 0.0416. The predicted molar refractivity (Wildman–Crippen MR) is 87.2 cm³/mol. The molecule has 0 aliphatic carbocycles. The SMILES string of the molecule is CCNC(=O)N1CCC[C@@H](C(=O)c2ccc(OC)c(OC)c2)C1. The molecular formula is C17H24N2O4. The number of Topliss-reactive ketones (excluding diaryl/α,β-unsaturated/α-hetero) is 1. The molecule has 0 radical (unpaired) electrons. The highest BCUT2D eigenvalue weighted by molar-refractivity contribution is 5.99. The Morgan fingerprint density at radius 2 is 2.00 bits per heavy atom. The summed E-state index contributed by atoms with van der Waals surface area (Å²) in [5, 5.41) is 2.79. The third-order valence-corrected chi connectivity index (χ3v) is 4.08. The van der Waals surface area contributed by atoms with Crippen molar-refractivity contribution in [1.29, 1.82) is 0 Å². The highest BCUT2D eigenvalue weighted by Gasteiger charge is 2.29. The number of hydrogen-bond donors (Lipinski definition) is 1. The number of ether oxygens (including phenoxy) is 2. The molecular weight excluding hydrogens is 296 g/mol. The van der Waals surface area contributed by atoms with E-state index in [1.165, 1.54) is 0 Å². The molecule has 1 aliphatic heterocycles. The molecule has 6 heteroatoms. The molecule has 6 nitrogen and oxygen atoms in total. The van der Waals surface area contributed by atoms with E-state index < -0.39 is 0 Å². The molecule has 0 bridgehead atoms. The van der Waals surface area contributed by atoms with Gasteiger partial charge in [-0.05, 0) is 38.0 Å². The monoisotopic (exact) mass is 320 g/mol. The lowest BCUT2D eigenvalue weighted by molar-refractivity contribution is 0.0845. The predicted octanol–water partition coefficient (Wildman–Crippen LogP) is 2.33. The Morgan fingerprint density at radius 1 is 1.26 bits per heavy atom. The minimum Gasteiger partial charge on any atom is -0.493 e. The Hall–Kier alpha value is -2.24. The van der Waals surface area contributed by atoms with Gasteiger partial charge in [0.15, 0.2) is 17.3 Å². The van der Waals surface area contributed by atoms with E-state index in [0.717, 1.165) is 12.8 Å². The topological polar surface area (TPSA) is 67.9 Å². The molecule has 1 saturated heterocycles.